The normalized spacial score (nSPS) is 19.4. The largest absolute Gasteiger partial charge is 0.373 e. The number of nitrogens with zero attached hydrogens (tertiary/aromatic N) is 2. The van der Waals surface area contributed by atoms with Crippen LogP contribution in [-0.4, -0.2) is 35.0 Å². The van der Waals surface area contributed by atoms with Crippen molar-refractivity contribution < 1.29 is 4.79 Å². The lowest BCUT2D eigenvalue weighted by Crippen LogP contribution is -2.40. The topological polar surface area (TPSA) is 78.9 Å². The summed E-state index contributed by atoms with van der Waals surface area (Å²) in [5, 5.41) is 9.53. The molecule has 3 rings (SSSR count). The van der Waals surface area contributed by atoms with Gasteiger partial charge in [-0.1, -0.05) is 18.2 Å². The van der Waals surface area contributed by atoms with Crippen molar-refractivity contribution >= 4 is 30.1 Å². The molecule has 1 amide bonds. The number of nitrogens with one attached hydrogen (secondary N) is 3. The van der Waals surface area contributed by atoms with Crippen LogP contribution >= 0.6 is 12.4 Å². The first kappa shape index (κ1) is 19.0. The lowest BCUT2D eigenvalue weighted by Gasteiger charge is -2.29. The number of benzene rings is 1. The van der Waals surface area contributed by atoms with E-state index in [-0.39, 0.29) is 24.4 Å². The molecule has 6 nitrogen and oxygen atoms in total. The second-order valence-electron chi connectivity index (χ2n) is 6.05. The third-order valence-electron chi connectivity index (χ3n) is 4.34. The number of rotatable bonds is 5. The second-order valence-corrected chi connectivity index (χ2v) is 6.05. The molecule has 134 valence electrons. The van der Waals surface area contributed by atoms with Crippen LogP contribution in [0.4, 0.5) is 11.8 Å². The molecule has 1 saturated carbocycles. The number of aromatic nitrogens is 2. The summed E-state index contributed by atoms with van der Waals surface area (Å²) < 4.78 is 0. The van der Waals surface area contributed by atoms with Gasteiger partial charge in [0.1, 0.15) is 5.82 Å². The Labute approximate surface area is 154 Å². The first-order valence-corrected chi connectivity index (χ1v) is 8.38. The molecule has 25 heavy (non-hydrogen) atoms. The Morgan fingerprint density at radius 1 is 1.04 bits per heavy atom. The minimum Gasteiger partial charge on any atom is -0.373 e. The van der Waals surface area contributed by atoms with Crippen molar-refractivity contribution in [2.24, 2.45) is 0 Å². The van der Waals surface area contributed by atoms with E-state index in [1.165, 1.54) is 0 Å². The van der Waals surface area contributed by atoms with Crippen molar-refractivity contribution in [2.75, 3.05) is 17.7 Å². The minimum absolute atomic E-state index is 0. The Hall–Kier alpha value is -2.34. The monoisotopic (exact) mass is 361 g/mol. The first-order chi connectivity index (χ1) is 11.7. The van der Waals surface area contributed by atoms with Crippen molar-refractivity contribution in [1.82, 2.24) is 15.3 Å². The highest BCUT2D eigenvalue weighted by Gasteiger charge is 2.23. The highest BCUT2D eigenvalue weighted by atomic mass is 35.5. The van der Waals surface area contributed by atoms with Gasteiger partial charge >= 0.3 is 0 Å². The van der Waals surface area contributed by atoms with E-state index in [2.05, 4.69) is 25.9 Å². The van der Waals surface area contributed by atoms with Crippen molar-refractivity contribution in [3.05, 3.63) is 48.2 Å². The molecule has 0 unspecified atom stereocenters. The van der Waals surface area contributed by atoms with Crippen LogP contribution in [0.2, 0.25) is 0 Å². The number of hydrogen-bond donors (Lipinski definition) is 3. The molecule has 2 aromatic rings. The average Bonchev–Trinajstić information content (AvgIpc) is 2.64. The molecule has 0 spiro atoms. The highest BCUT2D eigenvalue weighted by molar-refractivity contribution is 5.94. The fraction of sp³-hybridized carbons (Fsp3) is 0.389. The maximum absolute atomic E-state index is 12.2. The van der Waals surface area contributed by atoms with Crippen molar-refractivity contribution in [3.63, 3.8) is 0 Å². The highest BCUT2D eigenvalue weighted by Crippen LogP contribution is 2.21. The van der Waals surface area contributed by atoms with E-state index in [1.807, 2.05) is 43.4 Å². The van der Waals surface area contributed by atoms with E-state index in [4.69, 9.17) is 0 Å². The van der Waals surface area contributed by atoms with Gasteiger partial charge in [0.2, 0.25) is 5.95 Å². The zero-order valence-corrected chi connectivity index (χ0v) is 15.1. The maximum atomic E-state index is 12.2. The fourth-order valence-electron chi connectivity index (χ4n) is 2.99. The third-order valence-corrected chi connectivity index (χ3v) is 4.34. The van der Waals surface area contributed by atoms with Crippen LogP contribution < -0.4 is 16.0 Å². The maximum Gasteiger partial charge on any atom is 0.251 e. The molecule has 0 aliphatic heterocycles. The predicted octanol–water partition coefficient (Wildman–Crippen LogP) is 3.09. The Morgan fingerprint density at radius 3 is 2.40 bits per heavy atom. The minimum atomic E-state index is 0. The molecule has 1 aliphatic rings. The van der Waals surface area contributed by atoms with Gasteiger partial charge in [0, 0.05) is 30.9 Å². The van der Waals surface area contributed by atoms with Crippen LogP contribution in [-0.2, 0) is 0 Å². The summed E-state index contributed by atoms with van der Waals surface area (Å²) >= 11 is 0. The van der Waals surface area contributed by atoms with E-state index < -0.39 is 0 Å². The molecular formula is C18H24ClN5O. The smallest absolute Gasteiger partial charge is 0.251 e. The molecule has 1 heterocycles. The molecule has 0 saturated heterocycles. The van der Waals surface area contributed by atoms with Crippen LogP contribution in [0, 0.1) is 0 Å². The molecule has 0 bridgehead atoms. The van der Waals surface area contributed by atoms with Gasteiger partial charge in [0.05, 0.1) is 0 Å². The van der Waals surface area contributed by atoms with E-state index >= 15 is 0 Å². The Balaban J connectivity index is 0.00000225. The first-order valence-electron chi connectivity index (χ1n) is 8.38. The summed E-state index contributed by atoms with van der Waals surface area (Å²) in [7, 11) is 1.84. The molecule has 1 aliphatic carbocycles. The summed E-state index contributed by atoms with van der Waals surface area (Å²) in [6, 6.07) is 11.8. The van der Waals surface area contributed by atoms with Gasteiger partial charge in [-0.2, -0.15) is 4.98 Å². The van der Waals surface area contributed by atoms with E-state index in [1.54, 1.807) is 6.20 Å². The fourth-order valence-corrected chi connectivity index (χ4v) is 2.99. The van der Waals surface area contributed by atoms with Crippen LogP contribution in [0.15, 0.2) is 42.6 Å². The van der Waals surface area contributed by atoms with Crippen molar-refractivity contribution in [1.29, 1.82) is 0 Å². The quantitative estimate of drug-likeness (QED) is 0.762. The van der Waals surface area contributed by atoms with Gasteiger partial charge in [-0.05, 0) is 43.9 Å². The number of carbonyl (C=O) groups is 1. The Bertz CT molecular complexity index is 674. The summed E-state index contributed by atoms with van der Waals surface area (Å²) in [6.07, 6.45) is 5.65. The van der Waals surface area contributed by atoms with Gasteiger partial charge in [-0.25, -0.2) is 4.98 Å². The van der Waals surface area contributed by atoms with Crippen LogP contribution in [0.25, 0.3) is 0 Å². The van der Waals surface area contributed by atoms with Gasteiger partial charge in [-0.15, -0.1) is 12.4 Å². The van der Waals surface area contributed by atoms with E-state index in [9.17, 15) is 4.79 Å². The molecule has 0 radical (unpaired) electrons. The van der Waals surface area contributed by atoms with Gasteiger partial charge in [0.15, 0.2) is 0 Å². The summed E-state index contributed by atoms with van der Waals surface area (Å²) in [6.45, 7) is 0. The molecule has 0 atom stereocenters. The standard InChI is InChI=1S/C18H23N5O.ClH/c1-19-16-11-12-20-18(23-16)22-15-9-7-14(8-10-15)21-17(24)13-5-3-2-4-6-13;/h2-6,11-12,14-15H,7-10H2,1H3,(H,21,24)(H2,19,20,22,23);1H. The summed E-state index contributed by atoms with van der Waals surface area (Å²) in [4.78, 5) is 20.8. The van der Waals surface area contributed by atoms with Crippen molar-refractivity contribution in [2.45, 2.75) is 37.8 Å². The Kier molecular flexibility index (Phi) is 7.01. The van der Waals surface area contributed by atoms with Gasteiger partial charge in [0.25, 0.3) is 5.91 Å². The second kappa shape index (κ2) is 9.22. The van der Waals surface area contributed by atoms with Gasteiger partial charge < -0.3 is 16.0 Å². The number of hydrogen-bond acceptors (Lipinski definition) is 5. The number of halogens is 1. The third kappa shape index (κ3) is 5.32. The summed E-state index contributed by atoms with van der Waals surface area (Å²) in [5.74, 6) is 1.46. The average molecular weight is 362 g/mol. The van der Waals surface area contributed by atoms with Crippen LogP contribution in [0.3, 0.4) is 0 Å². The lowest BCUT2D eigenvalue weighted by atomic mass is 9.91. The van der Waals surface area contributed by atoms with Gasteiger partial charge in [-0.3, -0.25) is 4.79 Å². The summed E-state index contributed by atoms with van der Waals surface area (Å²) in [5.41, 5.74) is 0.718. The zero-order chi connectivity index (χ0) is 16.8. The molecule has 3 N–H and O–H groups in total. The number of carbonyl (C=O) groups excluding carboxylic acids is 1. The Morgan fingerprint density at radius 2 is 1.72 bits per heavy atom. The molecule has 1 aromatic heterocycles. The van der Waals surface area contributed by atoms with Crippen LogP contribution in [0.1, 0.15) is 36.0 Å². The van der Waals surface area contributed by atoms with Crippen LogP contribution in [0.5, 0.6) is 0 Å². The van der Waals surface area contributed by atoms with E-state index in [0.29, 0.717) is 12.0 Å². The van der Waals surface area contributed by atoms with E-state index in [0.717, 1.165) is 37.1 Å². The SMILES string of the molecule is CNc1ccnc(NC2CCC(NC(=O)c3ccccc3)CC2)n1.Cl. The molecule has 1 fully saturated rings. The zero-order valence-electron chi connectivity index (χ0n) is 14.2. The molecule has 7 heteroatoms. The number of anilines is 2. The number of amides is 1. The van der Waals surface area contributed by atoms with Crippen molar-refractivity contribution in [3.8, 4) is 0 Å². The molecule has 1 aromatic carbocycles. The predicted molar refractivity (Wildman–Crippen MR) is 102 cm³/mol. The lowest BCUT2D eigenvalue weighted by molar-refractivity contribution is 0.0926. The molecular weight excluding hydrogens is 338 g/mol.